The summed E-state index contributed by atoms with van der Waals surface area (Å²) in [4.78, 5) is 28.6. The zero-order chi connectivity index (χ0) is 18.4. The summed E-state index contributed by atoms with van der Waals surface area (Å²) in [5, 5.41) is 0. The Morgan fingerprint density at radius 2 is 1.68 bits per heavy atom. The van der Waals surface area contributed by atoms with Gasteiger partial charge in [-0.2, -0.15) is 0 Å². The Bertz CT molecular complexity index is 607. The van der Waals surface area contributed by atoms with Crippen LogP contribution >= 0.6 is 0 Å². The van der Waals surface area contributed by atoms with Crippen molar-refractivity contribution in [1.82, 2.24) is 9.80 Å². The van der Waals surface area contributed by atoms with Crippen molar-refractivity contribution in [1.29, 1.82) is 0 Å². The Hall–Kier alpha value is -1.98. The summed E-state index contributed by atoms with van der Waals surface area (Å²) < 4.78 is 26.3. The predicted octanol–water partition coefficient (Wildman–Crippen LogP) is 3.47. The highest BCUT2D eigenvalue weighted by Crippen LogP contribution is 2.22. The number of hydrogen-bond acceptors (Lipinski definition) is 2. The number of nitrogens with zero attached hydrogens (tertiary/aromatic N) is 2. The van der Waals surface area contributed by atoms with Crippen molar-refractivity contribution >= 4 is 11.8 Å². The lowest BCUT2D eigenvalue weighted by Gasteiger charge is -2.34. The Labute approximate surface area is 147 Å². The van der Waals surface area contributed by atoms with Crippen molar-refractivity contribution in [3.05, 3.63) is 35.4 Å². The number of amides is 2. The number of benzene rings is 1. The maximum Gasteiger partial charge on any atom is 0.253 e. The SMILES string of the molecule is CCCN(CCC)C(=O)C1CCN(C(=O)c2ccc(F)c(F)c2)CC1. The number of carbonyl (C=O) groups excluding carboxylic acids is 2. The summed E-state index contributed by atoms with van der Waals surface area (Å²) in [6, 6.07) is 3.19. The van der Waals surface area contributed by atoms with Gasteiger partial charge < -0.3 is 9.80 Å². The minimum Gasteiger partial charge on any atom is -0.342 e. The molecular weight excluding hydrogens is 326 g/mol. The lowest BCUT2D eigenvalue weighted by atomic mass is 9.94. The maximum atomic E-state index is 13.3. The van der Waals surface area contributed by atoms with E-state index in [1.54, 1.807) is 4.90 Å². The molecule has 1 saturated heterocycles. The van der Waals surface area contributed by atoms with Crippen LogP contribution in [0.3, 0.4) is 0 Å². The van der Waals surface area contributed by atoms with Crippen molar-refractivity contribution in [3.8, 4) is 0 Å². The molecule has 1 aromatic carbocycles. The molecule has 138 valence electrons. The first-order chi connectivity index (χ1) is 12.0. The first kappa shape index (κ1) is 19.3. The highest BCUT2D eigenvalue weighted by molar-refractivity contribution is 5.94. The molecule has 2 amide bonds. The Morgan fingerprint density at radius 1 is 1.08 bits per heavy atom. The van der Waals surface area contributed by atoms with E-state index in [0.29, 0.717) is 25.9 Å². The van der Waals surface area contributed by atoms with E-state index in [1.165, 1.54) is 6.07 Å². The molecule has 0 spiro atoms. The summed E-state index contributed by atoms with van der Waals surface area (Å²) in [7, 11) is 0. The standard InChI is InChI=1S/C19H26F2N2O2/c1-3-9-22(10-4-2)18(24)14-7-11-23(12-8-14)19(25)15-5-6-16(20)17(21)13-15/h5-6,13-14H,3-4,7-12H2,1-2H3. The van der Waals surface area contributed by atoms with Crippen LogP contribution in [-0.2, 0) is 4.79 Å². The van der Waals surface area contributed by atoms with Crippen molar-refractivity contribution in [2.75, 3.05) is 26.2 Å². The molecule has 0 aromatic heterocycles. The molecule has 1 heterocycles. The Kier molecular flexibility index (Phi) is 6.91. The van der Waals surface area contributed by atoms with Gasteiger partial charge >= 0.3 is 0 Å². The van der Waals surface area contributed by atoms with Gasteiger partial charge in [-0.1, -0.05) is 13.8 Å². The summed E-state index contributed by atoms with van der Waals surface area (Å²) >= 11 is 0. The number of carbonyl (C=O) groups is 2. The Morgan fingerprint density at radius 3 is 2.20 bits per heavy atom. The van der Waals surface area contributed by atoms with Crippen molar-refractivity contribution in [3.63, 3.8) is 0 Å². The largest absolute Gasteiger partial charge is 0.342 e. The number of piperidine rings is 1. The molecule has 1 aromatic rings. The number of likely N-dealkylation sites (tertiary alicyclic amines) is 1. The third kappa shape index (κ3) is 4.77. The molecule has 25 heavy (non-hydrogen) atoms. The van der Waals surface area contributed by atoms with Crippen molar-refractivity contribution < 1.29 is 18.4 Å². The van der Waals surface area contributed by atoms with Gasteiger partial charge in [0.2, 0.25) is 5.91 Å². The second kappa shape index (κ2) is 8.92. The predicted molar refractivity (Wildman–Crippen MR) is 92.1 cm³/mol. The third-order valence-electron chi connectivity index (χ3n) is 4.60. The number of hydrogen-bond donors (Lipinski definition) is 0. The molecular formula is C19H26F2N2O2. The topological polar surface area (TPSA) is 40.6 Å². The summed E-state index contributed by atoms with van der Waals surface area (Å²) in [6.07, 6.45) is 3.08. The van der Waals surface area contributed by atoms with Gasteiger partial charge in [0, 0.05) is 37.7 Å². The fourth-order valence-electron chi connectivity index (χ4n) is 3.27. The van der Waals surface area contributed by atoms with Gasteiger partial charge in [-0.05, 0) is 43.9 Å². The normalized spacial score (nSPS) is 15.3. The molecule has 0 N–H and O–H groups in total. The molecule has 4 nitrogen and oxygen atoms in total. The van der Waals surface area contributed by atoms with E-state index in [-0.39, 0.29) is 23.3 Å². The molecule has 0 unspecified atom stereocenters. The average Bonchev–Trinajstić information content (AvgIpc) is 2.63. The van der Waals surface area contributed by atoms with Crippen LogP contribution in [0.2, 0.25) is 0 Å². The molecule has 0 atom stereocenters. The quantitative estimate of drug-likeness (QED) is 0.787. The molecule has 0 bridgehead atoms. The van der Waals surface area contributed by atoms with Crippen LogP contribution in [0.25, 0.3) is 0 Å². The maximum absolute atomic E-state index is 13.3. The highest BCUT2D eigenvalue weighted by Gasteiger charge is 2.30. The van der Waals surface area contributed by atoms with Crippen LogP contribution in [-0.4, -0.2) is 47.8 Å². The lowest BCUT2D eigenvalue weighted by molar-refractivity contribution is -0.137. The monoisotopic (exact) mass is 352 g/mol. The minimum absolute atomic E-state index is 0.0629. The fourth-order valence-corrected chi connectivity index (χ4v) is 3.27. The van der Waals surface area contributed by atoms with Crippen LogP contribution < -0.4 is 0 Å². The first-order valence-corrected chi connectivity index (χ1v) is 9.01. The van der Waals surface area contributed by atoms with Gasteiger partial charge in [0.15, 0.2) is 11.6 Å². The summed E-state index contributed by atoms with van der Waals surface area (Å²) in [5.41, 5.74) is 0.141. The van der Waals surface area contributed by atoms with Gasteiger partial charge in [-0.25, -0.2) is 8.78 Å². The van der Waals surface area contributed by atoms with E-state index in [0.717, 1.165) is 38.1 Å². The smallest absolute Gasteiger partial charge is 0.253 e. The number of halogens is 2. The Balaban J connectivity index is 1.95. The zero-order valence-corrected chi connectivity index (χ0v) is 14.9. The molecule has 1 aliphatic heterocycles. The lowest BCUT2D eigenvalue weighted by Crippen LogP contribution is -2.44. The fraction of sp³-hybridized carbons (Fsp3) is 0.579. The van der Waals surface area contributed by atoms with E-state index in [4.69, 9.17) is 0 Å². The second-order valence-electron chi connectivity index (χ2n) is 6.52. The molecule has 2 rings (SSSR count). The van der Waals surface area contributed by atoms with Crippen LogP contribution in [0.5, 0.6) is 0 Å². The average molecular weight is 352 g/mol. The highest BCUT2D eigenvalue weighted by atomic mass is 19.2. The van der Waals surface area contributed by atoms with Crippen molar-refractivity contribution in [2.24, 2.45) is 5.92 Å². The van der Waals surface area contributed by atoms with Crippen LogP contribution in [0.15, 0.2) is 18.2 Å². The van der Waals surface area contributed by atoms with E-state index in [1.807, 2.05) is 4.90 Å². The van der Waals surface area contributed by atoms with E-state index in [9.17, 15) is 18.4 Å². The van der Waals surface area contributed by atoms with Gasteiger partial charge in [0.05, 0.1) is 0 Å². The van der Waals surface area contributed by atoms with Gasteiger partial charge in [0.25, 0.3) is 5.91 Å². The first-order valence-electron chi connectivity index (χ1n) is 9.01. The van der Waals surface area contributed by atoms with E-state index >= 15 is 0 Å². The van der Waals surface area contributed by atoms with E-state index < -0.39 is 11.6 Å². The summed E-state index contributed by atoms with van der Waals surface area (Å²) in [6.45, 7) is 6.56. The minimum atomic E-state index is -1.02. The third-order valence-corrected chi connectivity index (χ3v) is 4.60. The summed E-state index contributed by atoms with van der Waals surface area (Å²) in [5.74, 6) is -2.20. The van der Waals surface area contributed by atoms with Crippen molar-refractivity contribution in [2.45, 2.75) is 39.5 Å². The second-order valence-corrected chi connectivity index (χ2v) is 6.52. The van der Waals surface area contributed by atoms with Gasteiger partial charge in [-0.15, -0.1) is 0 Å². The van der Waals surface area contributed by atoms with E-state index in [2.05, 4.69) is 13.8 Å². The molecule has 0 saturated carbocycles. The van der Waals surface area contributed by atoms with Gasteiger partial charge in [-0.3, -0.25) is 9.59 Å². The van der Waals surface area contributed by atoms with Crippen LogP contribution in [0, 0.1) is 17.6 Å². The van der Waals surface area contributed by atoms with Gasteiger partial charge in [0.1, 0.15) is 0 Å². The van der Waals surface area contributed by atoms with Crippen LogP contribution in [0.1, 0.15) is 49.9 Å². The molecule has 0 aliphatic carbocycles. The molecule has 0 radical (unpaired) electrons. The molecule has 1 aliphatic rings. The van der Waals surface area contributed by atoms with Crippen LogP contribution in [0.4, 0.5) is 8.78 Å². The molecule has 1 fully saturated rings. The molecule has 6 heteroatoms. The number of rotatable bonds is 6. The zero-order valence-electron chi connectivity index (χ0n) is 14.9.